The van der Waals surface area contributed by atoms with Crippen LogP contribution >= 0.6 is 11.9 Å². The first kappa shape index (κ1) is 15.2. The summed E-state index contributed by atoms with van der Waals surface area (Å²) < 4.78 is 3.01. The van der Waals surface area contributed by atoms with Crippen LogP contribution in [0.15, 0.2) is 4.99 Å². The summed E-state index contributed by atoms with van der Waals surface area (Å²) in [6.45, 7) is 4.91. The van der Waals surface area contributed by atoms with Crippen molar-refractivity contribution in [2.75, 3.05) is 12.3 Å². The number of nitrogens with two attached hydrogens (primary N) is 1. The molecule has 0 aliphatic carbocycles. The summed E-state index contributed by atoms with van der Waals surface area (Å²) in [6.07, 6.45) is 2.81. The number of carboxylic acid groups (broad SMARTS) is 1. The van der Waals surface area contributed by atoms with Crippen molar-refractivity contribution in [1.29, 1.82) is 0 Å². The second-order valence-corrected chi connectivity index (χ2v) is 4.80. The molecule has 0 saturated carbocycles. The molecule has 0 amide bonds. The third kappa shape index (κ3) is 9.79. The van der Waals surface area contributed by atoms with E-state index in [9.17, 15) is 4.79 Å². The van der Waals surface area contributed by atoms with Crippen LogP contribution < -0.4 is 10.5 Å². The van der Waals surface area contributed by atoms with E-state index in [0.29, 0.717) is 25.3 Å². The minimum atomic E-state index is -0.949. The number of rotatable bonds is 9. The SMILES string of the molecule is CC(C)CSNC=NCCC[C@H](N)C(=O)O. The molecule has 0 saturated heterocycles. The van der Waals surface area contributed by atoms with Gasteiger partial charge in [0, 0.05) is 12.3 Å². The van der Waals surface area contributed by atoms with Crippen LogP contribution in [0.3, 0.4) is 0 Å². The fourth-order valence-electron chi connectivity index (χ4n) is 0.880. The van der Waals surface area contributed by atoms with Crippen LogP contribution in [0.2, 0.25) is 0 Å². The third-order valence-corrected chi connectivity index (χ3v) is 2.87. The fraction of sp³-hybridized carbons (Fsp3) is 0.800. The Balaban J connectivity index is 3.31. The topological polar surface area (TPSA) is 87.7 Å². The Morgan fingerprint density at radius 1 is 1.62 bits per heavy atom. The number of hydrogen-bond donors (Lipinski definition) is 3. The van der Waals surface area contributed by atoms with Gasteiger partial charge in [0.2, 0.25) is 0 Å². The standard InChI is InChI=1S/C10H21N3O2S/c1-8(2)6-16-13-7-12-5-3-4-9(11)10(14)15/h7-9H,3-6,11H2,1-2H3,(H,12,13)(H,14,15)/t9-/m0/s1. The van der Waals surface area contributed by atoms with E-state index in [1.165, 1.54) is 0 Å². The van der Waals surface area contributed by atoms with Crippen LogP contribution in [0, 0.1) is 5.92 Å². The lowest BCUT2D eigenvalue weighted by molar-refractivity contribution is -0.138. The van der Waals surface area contributed by atoms with Crippen LogP contribution in [-0.2, 0) is 4.79 Å². The van der Waals surface area contributed by atoms with Crippen LogP contribution in [0.5, 0.6) is 0 Å². The molecule has 1 atom stereocenters. The van der Waals surface area contributed by atoms with E-state index in [2.05, 4.69) is 23.6 Å². The molecule has 0 spiro atoms. The zero-order valence-electron chi connectivity index (χ0n) is 9.85. The van der Waals surface area contributed by atoms with Gasteiger partial charge in [0.1, 0.15) is 6.04 Å². The molecule has 0 aliphatic heterocycles. The van der Waals surface area contributed by atoms with E-state index in [0.717, 1.165) is 5.75 Å². The Morgan fingerprint density at radius 2 is 2.31 bits per heavy atom. The minimum absolute atomic E-state index is 0.464. The summed E-state index contributed by atoms with van der Waals surface area (Å²) in [5, 5.41) is 8.53. The highest BCUT2D eigenvalue weighted by Crippen LogP contribution is 2.01. The largest absolute Gasteiger partial charge is 0.480 e. The van der Waals surface area contributed by atoms with Gasteiger partial charge in [-0.05, 0) is 18.8 Å². The van der Waals surface area contributed by atoms with Crippen LogP contribution in [-0.4, -0.2) is 35.8 Å². The van der Waals surface area contributed by atoms with Crippen LogP contribution in [0.25, 0.3) is 0 Å². The summed E-state index contributed by atoms with van der Waals surface area (Å²) in [5.74, 6) is 0.740. The molecule has 4 N–H and O–H groups in total. The van der Waals surface area contributed by atoms with Gasteiger partial charge in [0.05, 0.1) is 6.34 Å². The zero-order chi connectivity index (χ0) is 12.4. The smallest absolute Gasteiger partial charge is 0.320 e. The predicted molar refractivity (Wildman–Crippen MR) is 68.6 cm³/mol. The molecule has 0 radical (unpaired) electrons. The van der Waals surface area contributed by atoms with E-state index in [1.807, 2.05) is 0 Å². The van der Waals surface area contributed by atoms with E-state index >= 15 is 0 Å². The third-order valence-electron chi connectivity index (χ3n) is 1.76. The van der Waals surface area contributed by atoms with Gasteiger partial charge < -0.3 is 15.6 Å². The Bertz CT molecular complexity index is 222. The monoisotopic (exact) mass is 247 g/mol. The maximum absolute atomic E-state index is 10.4. The molecule has 0 bridgehead atoms. The first-order valence-electron chi connectivity index (χ1n) is 5.38. The second kappa shape index (κ2) is 9.47. The molecular weight excluding hydrogens is 226 g/mol. The highest BCUT2D eigenvalue weighted by Gasteiger charge is 2.09. The van der Waals surface area contributed by atoms with Crippen molar-refractivity contribution in [2.45, 2.75) is 32.7 Å². The number of carbonyl (C=O) groups is 1. The van der Waals surface area contributed by atoms with E-state index in [4.69, 9.17) is 10.8 Å². The number of aliphatic carboxylic acids is 1. The van der Waals surface area contributed by atoms with E-state index in [1.54, 1.807) is 18.3 Å². The molecular formula is C10H21N3O2S. The molecule has 0 aliphatic rings. The minimum Gasteiger partial charge on any atom is -0.480 e. The maximum atomic E-state index is 10.4. The number of aliphatic imine (C=N–C) groups is 1. The Labute approximate surface area is 101 Å². The fourth-order valence-corrected chi connectivity index (χ4v) is 1.46. The molecule has 16 heavy (non-hydrogen) atoms. The number of carboxylic acids is 1. The van der Waals surface area contributed by atoms with Crippen LogP contribution in [0.4, 0.5) is 0 Å². The van der Waals surface area contributed by atoms with Gasteiger partial charge in [-0.3, -0.25) is 9.79 Å². The Hall–Kier alpha value is -0.750. The van der Waals surface area contributed by atoms with Gasteiger partial charge in [-0.25, -0.2) is 0 Å². The first-order chi connectivity index (χ1) is 7.54. The molecule has 0 unspecified atom stereocenters. The van der Waals surface area contributed by atoms with E-state index in [-0.39, 0.29) is 0 Å². The molecule has 0 fully saturated rings. The first-order valence-corrected chi connectivity index (χ1v) is 6.36. The van der Waals surface area contributed by atoms with Gasteiger partial charge >= 0.3 is 5.97 Å². The van der Waals surface area contributed by atoms with Crippen molar-refractivity contribution in [2.24, 2.45) is 16.6 Å². The second-order valence-electron chi connectivity index (χ2n) is 3.94. The van der Waals surface area contributed by atoms with Crippen molar-refractivity contribution in [3.8, 4) is 0 Å². The molecule has 94 valence electrons. The number of nitrogens with one attached hydrogen (secondary N) is 1. The van der Waals surface area contributed by atoms with E-state index < -0.39 is 12.0 Å². The predicted octanol–water partition coefficient (Wildman–Crippen LogP) is 1.10. The van der Waals surface area contributed by atoms with Gasteiger partial charge in [-0.2, -0.15) is 0 Å². The highest BCUT2D eigenvalue weighted by atomic mass is 32.2. The Kier molecular flexibility index (Phi) is 9.03. The van der Waals surface area contributed by atoms with Gasteiger partial charge in [0.25, 0.3) is 0 Å². The van der Waals surface area contributed by atoms with Crippen molar-refractivity contribution in [1.82, 2.24) is 4.72 Å². The lowest BCUT2D eigenvalue weighted by Crippen LogP contribution is -2.29. The molecule has 0 aromatic heterocycles. The lowest BCUT2D eigenvalue weighted by Gasteiger charge is -2.04. The zero-order valence-corrected chi connectivity index (χ0v) is 10.7. The average molecular weight is 247 g/mol. The quantitative estimate of drug-likeness (QED) is 0.246. The molecule has 0 heterocycles. The van der Waals surface area contributed by atoms with Crippen molar-refractivity contribution < 1.29 is 9.90 Å². The molecule has 0 aromatic carbocycles. The summed E-state index contributed by atoms with van der Waals surface area (Å²) in [5.41, 5.74) is 5.34. The number of nitrogens with zero attached hydrogens (tertiary/aromatic N) is 1. The molecule has 0 aromatic rings. The summed E-state index contributed by atoms with van der Waals surface area (Å²) in [6, 6.07) is -0.765. The van der Waals surface area contributed by atoms with Crippen molar-refractivity contribution in [3.63, 3.8) is 0 Å². The van der Waals surface area contributed by atoms with Crippen molar-refractivity contribution >= 4 is 24.3 Å². The maximum Gasteiger partial charge on any atom is 0.320 e. The van der Waals surface area contributed by atoms with Gasteiger partial charge in [-0.15, -0.1) is 0 Å². The average Bonchev–Trinajstić information content (AvgIpc) is 2.21. The van der Waals surface area contributed by atoms with Gasteiger partial charge in [0.15, 0.2) is 0 Å². The van der Waals surface area contributed by atoms with Crippen LogP contribution in [0.1, 0.15) is 26.7 Å². The number of hydrogen-bond acceptors (Lipinski definition) is 4. The molecule has 5 nitrogen and oxygen atoms in total. The summed E-state index contributed by atoms with van der Waals surface area (Å²) >= 11 is 1.61. The Morgan fingerprint density at radius 3 is 2.88 bits per heavy atom. The normalized spacial score (nSPS) is 13.2. The summed E-state index contributed by atoms with van der Waals surface area (Å²) in [4.78, 5) is 14.5. The van der Waals surface area contributed by atoms with Gasteiger partial charge in [-0.1, -0.05) is 25.8 Å². The molecule has 6 heteroatoms. The highest BCUT2D eigenvalue weighted by molar-refractivity contribution is 7.97. The molecule has 0 rings (SSSR count). The summed E-state index contributed by atoms with van der Waals surface area (Å²) in [7, 11) is 0. The van der Waals surface area contributed by atoms with Crippen molar-refractivity contribution in [3.05, 3.63) is 0 Å². The lowest BCUT2D eigenvalue weighted by atomic mass is 10.2.